The first-order valence-electron chi connectivity index (χ1n) is 5.51. The monoisotopic (exact) mass is 377 g/mol. The van der Waals surface area contributed by atoms with E-state index in [0.717, 1.165) is 0 Å². The van der Waals surface area contributed by atoms with Gasteiger partial charge in [-0.15, -0.1) is 11.3 Å². The fraction of sp³-hybridized carbons (Fsp3) is 0.167. The second kappa shape index (κ2) is 6.13. The van der Waals surface area contributed by atoms with Crippen molar-refractivity contribution in [2.45, 2.75) is 11.5 Å². The van der Waals surface area contributed by atoms with Crippen molar-refractivity contribution >= 4 is 43.0 Å². The summed E-state index contributed by atoms with van der Waals surface area (Å²) in [7, 11) is -2.24. The van der Waals surface area contributed by atoms with Gasteiger partial charge in [0.15, 0.2) is 0 Å². The van der Waals surface area contributed by atoms with Crippen LogP contribution in [0.1, 0.15) is 4.88 Å². The van der Waals surface area contributed by atoms with E-state index in [9.17, 15) is 8.42 Å². The predicted octanol–water partition coefficient (Wildman–Crippen LogP) is 2.81. The van der Waals surface area contributed by atoms with Gasteiger partial charge in [-0.3, -0.25) is 4.72 Å². The van der Waals surface area contributed by atoms with E-state index in [1.807, 2.05) is 0 Å². The second-order valence-corrected chi connectivity index (χ2v) is 7.32. The van der Waals surface area contributed by atoms with Crippen molar-refractivity contribution in [2.75, 3.05) is 11.8 Å². The Kier molecular flexibility index (Phi) is 4.69. The number of benzene rings is 1. The van der Waals surface area contributed by atoms with Crippen molar-refractivity contribution in [3.63, 3.8) is 0 Å². The number of hydrogen-bond donors (Lipinski definition) is 2. The maximum Gasteiger partial charge on any atom is 0.263 e. The Labute approximate surface area is 129 Å². The van der Waals surface area contributed by atoms with Gasteiger partial charge in [-0.1, -0.05) is 0 Å². The van der Waals surface area contributed by atoms with Crippen LogP contribution in [0.3, 0.4) is 0 Å². The predicted molar refractivity (Wildman–Crippen MR) is 81.7 cm³/mol. The van der Waals surface area contributed by atoms with Crippen molar-refractivity contribution in [1.29, 1.82) is 0 Å². The van der Waals surface area contributed by atoms with Gasteiger partial charge < -0.3 is 9.84 Å². The molecular weight excluding hydrogens is 366 g/mol. The highest BCUT2D eigenvalue weighted by Gasteiger charge is 2.20. The lowest BCUT2D eigenvalue weighted by atomic mass is 10.3. The summed E-state index contributed by atoms with van der Waals surface area (Å²) in [6.07, 6.45) is 0. The summed E-state index contributed by atoms with van der Waals surface area (Å²) in [6, 6.07) is 6.45. The summed E-state index contributed by atoms with van der Waals surface area (Å²) < 4.78 is 32.8. The van der Waals surface area contributed by atoms with Crippen LogP contribution in [0.4, 0.5) is 5.69 Å². The summed E-state index contributed by atoms with van der Waals surface area (Å²) in [5.41, 5.74) is 0.374. The number of aliphatic hydroxyl groups is 1. The van der Waals surface area contributed by atoms with Gasteiger partial charge in [0.2, 0.25) is 0 Å². The van der Waals surface area contributed by atoms with Crippen LogP contribution in [0.5, 0.6) is 5.75 Å². The van der Waals surface area contributed by atoms with Gasteiger partial charge in [0.1, 0.15) is 10.6 Å². The van der Waals surface area contributed by atoms with Crippen LogP contribution in [0.15, 0.2) is 39.0 Å². The first-order chi connectivity index (χ1) is 9.47. The van der Waals surface area contributed by atoms with E-state index in [2.05, 4.69) is 20.7 Å². The number of rotatable bonds is 5. The number of hydrogen-bond acceptors (Lipinski definition) is 5. The molecule has 1 aromatic heterocycles. The van der Waals surface area contributed by atoms with E-state index in [-0.39, 0.29) is 11.5 Å². The Morgan fingerprint density at radius 1 is 1.40 bits per heavy atom. The number of methoxy groups -OCH3 is 1. The third-order valence-corrected chi connectivity index (χ3v) is 5.73. The van der Waals surface area contributed by atoms with Gasteiger partial charge in [-0.05, 0) is 39.5 Å². The molecule has 0 amide bonds. The highest BCUT2D eigenvalue weighted by atomic mass is 79.9. The van der Waals surface area contributed by atoms with Crippen molar-refractivity contribution in [2.24, 2.45) is 0 Å². The number of aliphatic hydroxyl groups excluding tert-OH is 1. The summed E-state index contributed by atoms with van der Waals surface area (Å²) in [4.78, 5) is 0.483. The SMILES string of the molecule is COc1ccc(Br)c(NS(=O)(=O)c2ccsc2CO)c1. The second-order valence-electron chi connectivity index (χ2n) is 3.82. The molecule has 108 valence electrons. The van der Waals surface area contributed by atoms with E-state index in [4.69, 9.17) is 9.84 Å². The zero-order valence-corrected chi connectivity index (χ0v) is 13.7. The molecule has 0 aliphatic carbocycles. The Bertz CT molecular complexity index is 712. The highest BCUT2D eigenvalue weighted by molar-refractivity contribution is 9.10. The molecule has 0 saturated heterocycles. The molecule has 0 unspecified atom stereocenters. The average Bonchev–Trinajstić information content (AvgIpc) is 2.90. The van der Waals surface area contributed by atoms with Crippen LogP contribution in [-0.4, -0.2) is 20.6 Å². The lowest BCUT2D eigenvalue weighted by Gasteiger charge is -2.11. The smallest absolute Gasteiger partial charge is 0.263 e. The molecule has 0 saturated carbocycles. The van der Waals surface area contributed by atoms with Crippen molar-refractivity contribution in [3.8, 4) is 5.75 Å². The molecule has 0 radical (unpaired) electrons. The van der Waals surface area contributed by atoms with E-state index in [1.165, 1.54) is 24.5 Å². The van der Waals surface area contributed by atoms with Gasteiger partial charge >= 0.3 is 0 Å². The van der Waals surface area contributed by atoms with Gasteiger partial charge in [-0.25, -0.2) is 8.42 Å². The molecule has 0 spiro atoms. The molecule has 5 nitrogen and oxygen atoms in total. The molecule has 1 heterocycles. The normalized spacial score (nSPS) is 11.3. The minimum atomic E-state index is -3.75. The quantitative estimate of drug-likeness (QED) is 0.839. The molecule has 2 N–H and O–H groups in total. The van der Waals surface area contributed by atoms with E-state index in [0.29, 0.717) is 20.8 Å². The van der Waals surface area contributed by atoms with Crippen LogP contribution < -0.4 is 9.46 Å². The molecule has 2 aromatic rings. The molecule has 0 atom stereocenters. The van der Waals surface area contributed by atoms with E-state index >= 15 is 0 Å². The maximum atomic E-state index is 12.3. The molecule has 0 aliphatic rings. The lowest BCUT2D eigenvalue weighted by Crippen LogP contribution is -2.14. The molecular formula is C12H12BrNO4S2. The van der Waals surface area contributed by atoms with Crippen LogP contribution in [-0.2, 0) is 16.6 Å². The number of nitrogens with one attached hydrogen (secondary N) is 1. The van der Waals surface area contributed by atoms with Crippen LogP contribution in [0.2, 0.25) is 0 Å². The number of anilines is 1. The Hall–Kier alpha value is -1.09. The Morgan fingerprint density at radius 3 is 2.80 bits per heavy atom. The number of halogens is 1. The van der Waals surface area contributed by atoms with Crippen LogP contribution >= 0.6 is 27.3 Å². The molecule has 0 bridgehead atoms. The third-order valence-electron chi connectivity index (χ3n) is 2.56. The van der Waals surface area contributed by atoms with Gasteiger partial charge in [0, 0.05) is 10.5 Å². The molecule has 8 heteroatoms. The highest BCUT2D eigenvalue weighted by Crippen LogP contribution is 2.30. The minimum absolute atomic E-state index is 0.0831. The summed E-state index contributed by atoms with van der Waals surface area (Å²) in [5.74, 6) is 0.540. The average molecular weight is 378 g/mol. The molecule has 0 aliphatic heterocycles. The summed E-state index contributed by atoms with van der Waals surface area (Å²) >= 11 is 4.48. The largest absolute Gasteiger partial charge is 0.497 e. The van der Waals surface area contributed by atoms with Gasteiger partial charge in [0.05, 0.1) is 24.3 Å². The van der Waals surface area contributed by atoms with E-state index in [1.54, 1.807) is 23.6 Å². The maximum absolute atomic E-state index is 12.3. The zero-order chi connectivity index (χ0) is 14.8. The molecule has 2 rings (SSSR count). The first-order valence-corrected chi connectivity index (χ1v) is 8.67. The van der Waals surface area contributed by atoms with Crippen LogP contribution in [0, 0.1) is 0 Å². The van der Waals surface area contributed by atoms with E-state index < -0.39 is 10.0 Å². The summed E-state index contributed by atoms with van der Waals surface area (Å²) in [5, 5.41) is 10.8. The van der Waals surface area contributed by atoms with Crippen molar-refractivity contribution in [3.05, 3.63) is 39.0 Å². The number of thiophene rings is 1. The Morgan fingerprint density at radius 2 is 2.15 bits per heavy atom. The fourth-order valence-electron chi connectivity index (χ4n) is 1.59. The Balaban J connectivity index is 2.38. The zero-order valence-electron chi connectivity index (χ0n) is 10.5. The topological polar surface area (TPSA) is 75.6 Å². The van der Waals surface area contributed by atoms with Crippen molar-refractivity contribution in [1.82, 2.24) is 0 Å². The lowest BCUT2D eigenvalue weighted by molar-refractivity contribution is 0.282. The minimum Gasteiger partial charge on any atom is -0.497 e. The van der Waals surface area contributed by atoms with Gasteiger partial charge in [-0.2, -0.15) is 0 Å². The molecule has 0 fully saturated rings. The van der Waals surface area contributed by atoms with Crippen LogP contribution in [0.25, 0.3) is 0 Å². The third kappa shape index (κ3) is 3.14. The summed E-state index contributed by atoms with van der Waals surface area (Å²) in [6.45, 7) is -0.312. The standard InChI is InChI=1S/C12H12BrNO4S2/c1-18-8-2-3-9(13)10(6-8)14-20(16,17)12-4-5-19-11(12)7-15/h2-6,14-15H,7H2,1H3. The number of sulfonamides is 1. The van der Waals surface area contributed by atoms with Gasteiger partial charge in [0.25, 0.3) is 10.0 Å². The first kappa shape index (κ1) is 15.3. The molecule has 20 heavy (non-hydrogen) atoms. The fourth-order valence-corrected chi connectivity index (χ4v) is 4.44. The molecule has 1 aromatic carbocycles. The number of ether oxygens (including phenoxy) is 1. The van der Waals surface area contributed by atoms with Crippen molar-refractivity contribution < 1.29 is 18.3 Å².